The Bertz CT molecular complexity index is 331. The highest BCUT2D eigenvalue weighted by Gasteiger charge is 2.24. The number of nitrogens with two attached hydrogens (primary N) is 1. The molecule has 0 aliphatic heterocycles. The summed E-state index contributed by atoms with van der Waals surface area (Å²) in [5.41, 5.74) is 4.06. The van der Waals surface area contributed by atoms with Gasteiger partial charge in [-0.1, -0.05) is 12.8 Å². The molecule has 0 saturated heterocycles. The van der Waals surface area contributed by atoms with Gasteiger partial charge in [0.1, 0.15) is 0 Å². The number of aromatic nitrogens is 1. The van der Waals surface area contributed by atoms with Crippen LogP contribution in [0.4, 0.5) is 0 Å². The van der Waals surface area contributed by atoms with Crippen molar-refractivity contribution in [2.24, 2.45) is 11.8 Å². The maximum absolute atomic E-state index is 5.62. The van der Waals surface area contributed by atoms with Gasteiger partial charge in [-0.25, -0.2) is 4.98 Å². The van der Waals surface area contributed by atoms with Crippen LogP contribution in [0.2, 0.25) is 0 Å². The van der Waals surface area contributed by atoms with E-state index in [-0.39, 0.29) is 0 Å². The molecule has 0 spiro atoms. The topological polar surface area (TPSA) is 50.9 Å². The Balaban J connectivity index is 2.00. The zero-order valence-corrected chi connectivity index (χ0v) is 10.2. The van der Waals surface area contributed by atoms with Crippen molar-refractivity contribution in [1.29, 1.82) is 0 Å². The van der Waals surface area contributed by atoms with Gasteiger partial charge in [-0.3, -0.25) is 11.3 Å². The first-order valence-corrected chi connectivity index (χ1v) is 6.42. The average Bonchev–Trinajstić information content (AvgIpc) is 2.95. The zero-order valence-electron chi connectivity index (χ0n) is 9.42. The van der Waals surface area contributed by atoms with E-state index < -0.39 is 0 Å². The predicted molar refractivity (Wildman–Crippen MR) is 63.6 cm³/mol. The van der Waals surface area contributed by atoms with Crippen LogP contribution in [-0.4, -0.2) is 4.98 Å². The van der Waals surface area contributed by atoms with Crippen LogP contribution in [0.3, 0.4) is 0 Å². The Morgan fingerprint density at radius 1 is 1.53 bits per heavy atom. The molecule has 84 valence electrons. The summed E-state index contributed by atoms with van der Waals surface area (Å²) in [5, 5.41) is 1.13. The Morgan fingerprint density at radius 3 is 2.73 bits per heavy atom. The van der Waals surface area contributed by atoms with E-state index in [0.717, 1.165) is 23.0 Å². The smallest absolute Gasteiger partial charge is 0.0900 e. The minimum Gasteiger partial charge on any atom is -0.271 e. The Kier molecular flexibility index (Phi) is 3.38. The van der Waals surface area contributed by atoms with E-state index in [2.05, 4.69) is 24.3 Å². The number of hydrogen-bond acceptors (Lipinski definition) is 4. The lowest BCUT2D eigenvalue weighted by molar-refractivity contribution is 0.486. The Morgan fingerprint density at radius 2 is 2.27 bits per heavy atom. The molecule has 15 heavy (non-hydrogen) atoms. The van der Waals surface area contributed by atoms with Gasteiger partial charge in [-0.05, 0) is 32.6 Å². The van der Waals surface area contributed by atoms with Gasteiger partial charge in [0.25, 0.3) is 0 Å². The summed E-state index contributed by atoms with van der Waals surface area (Å²) in [4.78, 5) is 5.76. The van der Waals surface area contributed by atoms with Gasteiger partial charge in [0.2, 0.25) is 0 Å². The monoisotopic (exact) mass is 225 g/mol. The van der Waals surface area contributed by atoms with E-state index in [4.69, 9.17) is 5.84 Å². The number of hydrogen-bond donors (Lipinski definition) is 2. The van der Waals surface area contributed by atoms with Gasteiger partial charge in [0, 0.05) is 4.88 Å². The molecule has 3 N–H and O–H groups in total. The first-order chi connectivity index (χ1) is 7.20. The van der Waals surface area contributed by atoms with Crippen LogP contribution in [0.25, 0.3) is 0 Å². The molecule has 4 heteroatoms. The van der Waals surface area contributed by atoms with Crippen LogP contribution < -0.4 is 11.3 Å². The zero-order chi connectivity index (χ0) is 10.8. The molecule has 0 aromatic carbocycles. The molecular formula is C11H19N3S. The van der Waals surface area contributed by atoms with Gasteiger partial charge in [-0.15, -0.1) is 11.3 Å². The molecule has 1 fully saturated rings. The van der Waals surface area contributed by atoms with Gasteiger partial charge in [0.05, 0.1) is 16.7 Å². The second-order valence-corrected chi connectivity index (χ2v) is 5.66. The second kappa shape index (κ2) is 4.60. The molecule has 1 aromatic rings. The minimum atomic E-state index is 0.303. The number of thiazole rings is 1. The van der Waals surface area contributed by atoms with Crippen molar-refractivity contribution < 1.29 is 0 Å². The van der Waals surface area contributed by atoms with Crippen LogP contribution in [0.1, 0.15) is 47.3 Å². The normalized spacial score (nSPS) is 18.1. The third-order valence-corrected chi connectivity index (χ3v) is 4.20. The summed E-state index contributed by atoms with van der Waals surface area (Å²) in [6, 6.07) is 0.303. The highest BCUT2D eigenvalue weighted by atomic mass is 32.1. The average molecular weight is 225 g/mol. The standard InChI is InChI=1S/C11H19N3S/c1-7-11(15-8(2)13-7)10(14-12)6-5-9-3-4-9/h9-10,14H,3-6,12H2,1-2H3. The van der Waals surface area contributed by atoms with Gasteiger partial charge in [-0.2, -0.15) is 0 Å². The van der Waals surface area contributed by atoms with Gasteiger partial charge >= 0.3 is 0 Å². The first kappa shape index (κ1) is 11.0. The summed E-state index contributed by atoms with van der Waals surface area (Å²) >= 11 is 1.77. The fourth-order valence-corrected chi connectivity index (χ4v) is 2.99. The van der Waals surface area contributed by atoms with E-state index in [1.807, 2.05) is 0 Å². The molecule has 1 aliphatic rings. The Hall–Kier alpha value is -0.450. The maximum atomic E-state index is 5.62. The summed E-state index contributed by atoms with van der Waals surface area (Å²) < 4.78 is 0. The number of hydrazine groups is 1. The van der Waals surface area contributed by atoms with E-state index in [1.54, 1.807) is 11.3 Å². The predicted octanol–water partition coefficient (Wildman–Crippen LogP) is 2.45. The third-order valence-electron chi connectivity index (χ3n) is 3.02. The highest BCUT2D eigenvalue weighted by Crippen LogP contribution is 2.37. The second-order valence-electron chi connectivity index (χ2n) is 4.42. The summed E-state index contributed by atoms with van der Waals surface area (Å²) in [5.74, 6) is 6.59. The van der Waals surface area contributed by atoms with Crippen LogP contribution in [0.5, 0.6) is 0 Å². The molecule has 2 rings (SSSR count). The maximum Gasteiger partial charge on any atom is 0.0900 e. The van der Waals surface area contributed by atoms with Crippen molar-refractivity contribution >= 4 is 11.3 Å². The van der Waals surface area contributed by atoms with E-state index in [0.29, 0.717) is 6.04 Å². The number of nitrogens with one attached hydrogen (secondary N) is 1. The lowest BCUT2D eigenvalue weighted by atomic mass is 10.1. The van der Waals surface area contributed by atoms with E-state index >= 15 is 0 Å². The fourth-order valence-electron chi connectivity index (χ4n) is 1.97. The van der Waals surface area contributed by atoms with Crippen molar-refractivity contribution in [1.82, 2.24) is 10.4 Å². The number of aryl methyl sites for hydroxylation is 2. The summed E-state index contributed by atoms with van der Waals surface area (Å²) in [6.45, 7) is 4.12. The first-order valence-electron chi connectivity index (χ1n) is 5.60. The molecule has 0 radical (unpaired) electrons. The SMILES string of the molecule is Cc1nc(C)c(C(CCC2CC2)NN)s1. The van der Waals surface area contributed by atoms with Crippen molar-refractivity contribution in [3.8, 4) is 0 Å². The summed E-state index contributed by atoms with van der Waals surface area (Å²) in [7, 11) is 0. The van der Waals surface area contributed by atoms with Crippen molar-refractivity contribution in [3.63, 3.8) is 0 Å². The Labute approximate surface area is 95.1 Å². The quantitative estimate of drug-likeness (QED) is 0.598. The minimum absolute atomic E-state index is 0.303. The van der Waals surface area contributed by atoms with Crippen LogP contribution >= 0.6 is 11.3 Å². The summed E-state index contributed by atoms with van der Waals surface area (Å²) in [6.07, 6.45) is 5.27. The van der Waals surface area contributed by atoms with Crippen LogP contribution in [0.15, 0.2) is 0 Å². The molecule has 0 bridgehead atoms. The van der Waals surface area contributed by atoms with Crippen molar-refractivity contribution in [3.05, 3.63) is 15.6 Å². The van der Waals surface area contributed by atoms with E-state index in [1.165, 1.54) is 24.1 Å². The fraction of sp³-hybridized carbons (Fsp3) is 0.727. The van der Waals surface area contributed by atoms with E-state index in [9.17, 15) is 0 Å². The van der Waals surface area contributed by atoms with Crippen molar-refractivity contribution in [2.75, 3.05) is 0 Å². The molecular weight excluding hydrogens is 206 g/mol. The molecule has 1 atom stereocenters. The molecule has 1 heterocycles. The lowest BCUT2D eigenvalue weighted by Crippen LogP contribution is -2.27. The third kappa shape index (κ3) is 2.77. The van der Waals surface area contributed by atoms with Gasteiger partial charge < -0.3 is 0 Å². The number of rotatable bonds is 5. The molecule has 1 aliphatic carbocycles. The molecule has 3 nitrogen and oxygen atoms in total. The lowest BCUT2D eigenvalue weighted by Gasteiger charge is -2.14. The molecule has 1 saturated carbocycles. The van der Waals surface area contributed by atoms with Gasteiger partial charge in [0.15, 0.2) is 0 Å². The molecule has 1 unspecified atom stereocenters. The highest BCUT2D eigenvalue weighted by molar-refractivity contribution is 7.11. The molecule has 0 amide bonds. The number of nitrogens with zero attached hydrogens (tertiary/aromatic N) is 1. The largest absolute Gasteiger partial charge is 0.271 e. The van der Waals surface area contributed by atoms with Crippen LogP contribution in [-0.2, 0) is 0 Å². The van der Waals surface area contributed by atoms with Crippen LogP contribution in [0, 0.1) is 19.8 Å². The van der Waals surface area contributed by atoms with Crippen molar-refractivity contribution in [2.45, 2.75) is 45.6 Å². The molecule has 1 aromatic heterocycles.